The van der Waals surface area contributed by atoms with Crippen molar-refractivity contribution in [2.75, 3.05) is 13.1 Å². The monoisotopic (exact) mass is 125 g/mol. The van der Waals surface area contributed by atoms with Crippen LogP contribution in [0.15, 0.2) is 9.98 Å². The van der Waals surface area contributed by atoms with E-state index < -0.39 is 5.91 Å². The quantitative estimate of drug-likeness (QED) is 0.479. The summed E-state index contributed by atoms with van der Waals surface area (Å²) in [4.78, 5) is 18.0. The van der Waals surface area contributed by atoms with Crippen LogP contribution < -0.4 is 5.73 Å². The highest BCUT2D eigenvalue weighted by atomic mass is 16.1. The molecule has 0 saturated carbocycles. The van der Waals surface area contributed by atoms with Crippen LogP contribution in [0.5, 0.6) is 0 Å². The lowest BCUT2D eigenvalue weighted by Gasteiger charge is -2.00. The molecule has 0 aromatic heterocycles. The van der Waals surface area contributed by atoms with Gasteiger partial charge in [-0.25, -0.2) is 0 Å². The maximum Gasteiger partial charge on any atom is 0.264 e. The normalized spacial score (nSPS) is 17.1. The van der Waals surface area contributed by atoms with E-state index in [9.17, 15) is 4.79 Å². The smallest absolute Gasteiger partial charge is 0.264 e. The number of carbonyl (C=O) groups excluding carboxylic acids is 1. The standard InChI is InChI=1S/C5H7N3O/c6-5(9)4-3-7-1-2-8-4/h1H,2-3H2,(H2,6,9). The second-order valence-corrected chi connectivity index (χ2v) is 1.67. The van der Waals surface area contributed by atoms with Crippen LogP contribution >= 0.6 is 0 Å². The van der Waals surface area contributed by atoms with Gasteiger partial charge in [0, 0.05) is 6.21 Å². The van der Waals surface area contributed by atoms with Crippen LogP contribution in [0.25, 0.3) is 0 Å². The van der Waals surface area contributed by atoms with Gasteiger partial charge in [-0.3, -0.25) is 14.8 Å². The summed E-state index contributed by atoms with van der Waals surface area (Å²) in [6.45, 7) is 0.827. The molecule has 48 valence electrons. The molecule has 0 aliphatic carbocycles. The summed E-state index contributed by atoms with van der Waals surface area (Å²) >= 11 is 0. The number of nitrogens with two attached hydrogens (primary N) is 1. The van der Waals surface area contributed by atoms with Gasteiger partial charge >= 0.3 is 0 Å². The summed E-state index contributed by atoms with van der Waals surface area (Å²) < 4.78 is 0. The first-order chi connectivity index (χ1) is 4.30. The molecule has 1 aliphatic rings. The van der Waals surface area contributed by atoms with E-state index in [1.54, 1.807) is 6.21 Å². The second kappa shape index (κ2) is 2.39. The number of amides is 1. The van der Waals surface area contributed by atoms with Crippen molar-refractivity contribution in [2.24, 2.45) is 15.7 Å². The van der Waals surface area contributed by atoms with E-state index in [2.05, 4.69) is 9.98 Å². The maximum atomic E-state index is 10.4. The van der Waals surface area contributed by atoms with Crippen LogP contribution in [-0.4, -0.2) is 30.9 Å². The Balaban J connectivity index is 2.61. The Bertz CT molecular complexity index is 183. The number of hydrogen-bond acceptors (Lipinski definition) is 3. The summed E-state index contributed by atoms with van der Waals surface area (Å²) in [5, 5.41) is 0. The average Bonchev–Trinajstić information content (AvgIpc) is 1.90. The molecule has 1 rings (SSSR count). The average molecular weight is 125 g/mol. The van der Waals surface area contributed by atoms with Crippen molar-refractivity contribution in [1.82, 2.24) is 0 Å². The predicted octanol–water partition coefficient (Wildman–Crippen LogP) is -1.00. The fraction of sp³-hybridized carbons (Fsp3) is 0.400. The van der Waals surface area contributed by atoms with E-state index in [-0.39, 0.29) is 0 Å². The summed E-state index contributed by atoms with van der Waals surface area (Å²) in [5.74, 6) is -0.466. The van der Waals surface area contributed by atoms with Crippen LogP contribution in [-0.2, 0) is 4.79 Å². The Kier molecular flexibility index (Phi) is 1.58. The molecule has 2 N–H and O–H groups in total. The van der Waals surface area contributed by atoms with Crippen LogP contribution in [0, 0.1) is 0 Å². The highest BCUT2D eigenvalue weighted by molar-refractivity contribution is 6.39. The zero-order valence-electron chi connectivity index (χ0n) is 4.87. The summed E-state index contributed by atoms with van der Waals surface area (Å²) in [6.07, 6.45) is 1.66. The van der Waals surface area contributed by atoms with Gasteiger partial charge in [-0.1, -0.05) is 0 Å². The van der Waals surface area contributed by atoms with Gasteiger partial charge in [-0.05, 0) is 0 Å². The summed E-state index contributed by atoms with van der Waals surface area (Å²) in [7, 11) is 0. The third-order valence-electron chi connectivity index (χ3n) is 1.02. The molecule has 0 saturated heterocycles. The molecular weight excluding hydrogens is 118 g/mol. The van der Waals surface area contributed by atoms with E-state index in [4.69, 9.17) is 5.73 Å². The SMILES string of the molecule is NC(=O)C1=NCC=NC1. The third kappa shape index (κ3) is 1.35. The van der Waals surface area contributed by atoms with Gasteiger partial charge in [0.2, 0.25) is 0 Å². The van der Waals surface area contributed by atoms with Crippen molar-refractivity contribution < 1.29 is 4.79 Å². The Hall–Kier alpha value is -1.19. The number of aliphatic imine (C=N–C) groups is 2. The predicted molar refractivity (Wildman–Crippen MR) is 34.9 cm³/mol. The number of carbonyl (C=O) groups is 1. The van der Waals surface area contributed by atoms with Crippen molar-refractivity contribution in [3.05, 3.63) is 0 Å². The first kappa shape index (κ1) is 5.94. The number of rotatable bonds is 1. The molecule has 4 nitrogen and oxygen atoms in total. The zero-order valence-corrected chi connectivity index (χ0v) is 4.87. The first-order valence-electron chi connectivity index (χ1n) is 2.62. The summed E-state index contributed by atoms with van der Waals surface area (Å²) in [5.41, 5.74) is 5.30. The van der Waals surface area contributed by atoms with Crippen molar-refractivity contribution in [1.29, 1.82) is 0 Å². The molecule has 0 fully saturated rings. The second-order valence-electron chi connectivity index (χ2n) is 1.67. The number of hydrogen-bond donors (Lipinski definition) is 1. The fourth-order valence-electron chi connectivity index (χ4n) is 0.566. The van der Waals surface area contributed by atoms with Gasteiger partial charge in [0.15, 0.2) is 0 Å². The van der Waals surface area contributed by atoms with E-state index in [0.29, 0.717) is 18.8 Å². The minimum Gasteiger partial charge on any atom is -0.365 e. The Morgan fingerprint density at radius 1 is 1.78 bits per heavy atom. The van der Waals surface area contributed by atoms with Crippen LogP contribution in [0.1, 0.15) is 0 Å². The molecule has 0 radical (unpaired) electrons. The van der Waals surface area contributed by atoms with Crippen LogP contribution in [0.3, 0.4) is 0 Å². The molecule has 0 aromatic rings. The zero-order chi connectivity index (χ0) is 6.69. The molecule has 0 spiro atoms. The highest BCUT2D eigenvalue weighted by Gasteiger charge is 2.05. The largest absolute Gasteiger partial charge is 0.365 e. The molecule has 1 amide bonds. The Labute approximate surface area is 52.5 Å². The fourth-order valence-corrected chi connectivity index (χ4v) is 0.566. The van der Waals surface area contributed by atoms with Crippen molar-refractivity contribution in [2.45, 2.75) is 0 Å². The maximum absolute atomic E-state index is 10.4. The Morgan fingerprint density at radius 3 is 2.89 bits per heavy atom. The molecule has 0 unspecified atom stereocenters. The van der Waals surface area contributed by atoms with Crippen molar-refractivity contribution >= 4 is 17.8 Å². The minimum absolute atomic E-state index is 0.343. The molecule has 0 atom stereocenters. The molecule has 9 heavy (non-hydrogen) atoms. The topological polar surface area (TPSA) is 67.8 Å². The minimum atomic E-state index is -0.466. The number of primary amides is 1. The molecule has 1 heterocycles. The molecule has 0 aromatic carbocycles. The van der Waals surface area contributed by atoms with Crippen molar-refractivity contribution in [3.63, 3.8) is 0 Å². The van der Waals surface area contributed by atoms with E-state index >= 15 is 0 Å². The van der Waals surface area contributed by atoms with Crippen molar-refractivity contribution in [3.8, 4) is 0 Å². The highest BCUT2D eigenvalue weighted by Crippen LogP contribution is 1.85. The molecular formula is C5H7N3O. The Morgan fingerprint density at radius 2 is 2.56 bits per heavy atom. The van der Waals surface area contributed by atoms with Crippen LogP contribution in [0.4, 0.5) is 0 Å². The van der Waals surface area contributed by atoms with E-state index in [1.165, 1.54) is 0 Å². The first-order valence-corrected chi connectivity index (χ1v) is 2.62. The van der Waals surface area contributed by atoms with Gasteiger partial charge in [-0.15, -0.1) is 0 Å². The van der Waals surface area contributed by atoms with Crippen LogP contribution in [0.2, 0.25) is 0 Å². The van der Waals surface area contributed by atoms with E-state index in [1.807, 2.05) is 0 Å². The number of nitrogens with zero attached hydrogens (tertiary/aromatic N) is 2. The van der Waals surface area contributed by atoms with Gasteiger partial charge in [0.25, 0.3) is 5.91 Å². The summed E-state index contributed by atoms with van der Waals surface area (Å²) in [6, 6.07) is 0. The van der Waals surface area contributed by atoms with E-state index in [0.717, 1.165) is 0 Å². The third-order valence-corrected chi connectivity index (χ3v) is 1.02. The lowest BCUT2D eigenvalue weighted by atomic mass is 10.3. The van der Waals surface area contributed by atoms with Gasteiger partial charge < -0.3 is 5.73 Å². The van der Waals surface area contributed by atoms with Gasteiger partial charge in [0.05, 0.1) is 13.1 Å². The molecule has 4 heteroatoms. The lowest BCUT2D eigenvalue weighted by Crippen LogP contribution is -2.27. The molecule has 0 bridgehead atoms. The van der Waals surface area contributed by atoms with Gasteiger partial charge in [-0.2, -0.15) is 0 Å². The lowest BCUT2D eigenvalue weighted by molar-refractivity contribution is -0.112. The molecule has 1 aliphatic heterocycles. The van der Waals surface area contributed by atoms with Gasteiger partial charge in [0.1, 0.15) is 5.71 Å².